The first-order valence-corrected chi connectivity index (χ1v) is 10.5. The summed E-state index contributed by atoms with van der Waals surface area (Å²) >= 11 is 1.55. The summed E-state index contributed by atoms with van der Waals surface area (Å²) in [5.41, 5.74) is 4.30. The van der Waals surface area contributed by atoms with Gasteiger partial charge in [0.05, 0.1) is 17.0 Å². The number of aryl methyl sites for hydroxylation is 1. The Morgan fingerprint density at radius 3 is 2.59 bits per heavy atom. The molecule has 0 fully saturated rings. The molecule has 6 heteroatoms. The van der Waals surface area contributed by atoms with Crippen LogP contribution in [0.5, 0.6) is 0 Å². The first kappa shape index (κ1) is 20.6. The van der Waals surface area contributed by atoms with Crippen LogP contribution in [0.3, 0.4) is 0 Å². The van der Waals surface area contributed by atoms with E-state index in [1.807, 2.05) is 24.3 Å². The summed E-state index contributed by atoms with van der Waals surface area (Å²) in [5.74, 6) is 0.723. The van der Waals surface area contributed by atoms with Crippen LogP contribution < -0.4 is 10.6 Å². The fourth-order valence-electron chi connectivity index (χ4n) is 2.78. The maximum absolute atomic E-state index is 12.6. The molecule has 0 aliphatic rings. The van der Waals surface area contributed by atoms with Crippen molar-refractivity contribution in [2.24, 2.45) is 0 Å². The molecule has 0 atom stereocenters. The lowest BCUT2D eigenvalue weighted by atomic mass is 10.1. The van der Waals surface area contributed by atoms with Gasteiger partial charge in [0.15, 0.2) is 0 Å². The van der Waals surface area contributed by atoms with Crippen LogP contribution in [0.4, 0.5) is 5.69 Å². The second kappa shape index (κ2) is 10.4. The summed E-state index contributed by atoms with van der Waals surface area (Å²) in [6.45, 7) is 2.44. The fraction of sp³-hybridized carbons (Fsp3) is 0.174. The third-order valence-corrected chi connectivity index (χ3v) is 5.36. The smallest absolute Gasteiger partial charge is 0.253 e. The SMILES string of the molecule is Cc1ccccc1CSCC(=O)Nc1ccccc1C(=O)NCc1cccnc1. The number of para-hydroxylation sites is 1. The lowest BCUT2D eigenvalue weighted by Gasteiger charge is -2.12. The molecule has 0 aliphatic heterocycles. The summed E-state index contributed by atoms with van der Waals surface area (Å²) in [5, 5.41) is 5.72. The van der Waals surface area contributed by atoms with E-state index in [1.165, 1.54) is 11.1 Å². The van der Waals surface area contributed by atoms with Gasteiger partial charge in [0.25, 0.3) is 5.91 Å². The van der Waals surface area contributed by atoms with Crippen molar-refractivity contribution in [3.05, 3.63) is 95.3 Å². The van der Waals surface area contributed by atoms with Crippen LogP contribution in [-0.4, -0.2) is 22.6 Å². The minimum absolute atomic E-state index is 0.129. The minimum Gasteiger partial charge on any atom is -0.348 e. The molecule has 0 spiro atoms. The van der Waals surface area contributed by atoms with Crippen LogP contribution in [0.1, 0.15) is 27.0 Å². The zero-order valence-electron chi connectivity index (χ0n) is 16.2. The molecule has 0 unspecified atom stereocenters. The quantitative estimate of drug-likeness (QED) is 0.589. The highest BCUT2D eigenvalue weighted by atomic mass is 32.2. The van der Waals surface area contributed by atoms with Crippen LogP contribution >= 0.6 is 11.8 Å². The number of benzene rings is 2. The van der Waals surface area contributed by atoms with Gasteiger partial charge in [0.2, 0.25) is 5.91 Å². The van der Waals surface area contributed by atoms with Gasteiger partial charge < -0.3 is 10.6 Å². The summed E-state index contributed by atoms with van der Waals surface area (Å²) in [7, 11) is 0. The largest absolute Gasteiger partial charge is 0.348 e. The molecule has 0 saturated heterocycles. The van der Waals surface area contributed by atoms with Crippen molar-refractivity contribution in [2.75, 3.05) is 11.1 Å². The van der Waals surface area contributed by atoms with Gasteiger partial charge in [-0.15, -0.1) is 11.8 Å². The number of nitrogens with zero attached hydrogens (tertiary/aromatic N) is 1. The van der Waals surface area contributed by atoms with Gasteiger partial charge in [0.1, 0.15) is 0 Å². The van der Waals surface area contributed by atoms with Crippen LogP contribution in [-0.2, 0) is 17.1 Å². The van der Waals surface area contributed by atoms with Gasteiger partial charge in [-0.2, -0.15) is 0 Å². The van der Waals surface area contributed by atoms with Gasteiger partial charge in [0, 0.05) is 24.7 Å². The second-order valence-electron chi connectivity index (χ2n) is 6.56. The zero-order valence-corrected chi connectivity index (χ0v) is 17.0. The number of carbonyl (C=O) groups excluding carboxylic acids is 2. The number of amides is 2. The molecule has 5 nitrogen and oxygen atoms in total. The van der Waals surface area contributed by atoms with Crippen molar-refractivity contribution in [2.45, 2.75) is 19.2 Å². The highest BCUT2D eigenvalue weighted by Gasteiger charge is 2.13. The number of aromatic nitrogens is 1. The predicted octanol–water partition coefficient (Wildman–Crippen LogP) is 4.19. The Morgan fingerprint density at radius 2 is 1.79 bits per heavy atom. The molecular formula is C23H23N3O2S. The molecule has 148 valence electrons. The van der Waals surface area contributed by atoms with E-state index in [0.717, 1.165) is 11.3 Å². The minimum atomic E-state index is -0.239. The molecule has 3 rings (SSSR count). The molecule has 2 aromatic carbocycles. The van der Waals surface area contributed by atoms with Crippen LogP contribution in [0.2, 0.25) is 0 Å². The van der Waals surface area contributed by atoms with Gasteiger partial charge in [-0.05, 0) is 41.8 Å². The number of thioether (sulfide) groups is 1. The number of hydrogen-bond donors (Lipinski definition) is 2. The van der Waals surface area contributed by atoms with Crippen LogP contribution in [0, 0.1) is 6.92 Å². The Bertz CT molecular complexity index is 977. The summed E-state index contributed by atoms with van der Waals surface area (Å²) in [6.07, 6.45) is 3.40. The molecule has 1 heterocycles. The van der Waals surface area contributed by atoms with Crippen molar-refractivity contribution in [1.82, 2.24) is 10.3 Å². The van der Waals surface area contributed by atoms with E-state index >= 15 is 0 Å². The third-order valence-electron chi connectivity index (χ3n) is 4.37. The topological polar surface area (TPSA) is 71.1 Å². The molecule has 1 aromatic heterocycles. The highest BCUT2D eigenvalue weighted by Crippen LogP contribution is 2.18. The average Bonchev–Trinajstić information content (AvgIpc) is 2.74. The fourth-order valence-corrected chi connectivity index (χ4v) is 3.69. The Hall–Kier alpha value is -3.12. The Morgan fingerprint density at radius 1 is 1.00 bits per heavy atom. The Balaban J connectivity index is 1.54. The summed E-state index contributed by atoms with van der Waals surface area (Å²) < 4.78 is 0. The first-order chi connectivity index (χ1) is 14.1. The van der Waals surface area contributed by atoms with Crippen molar-refractivity contribution >= 4 is 29.3 Å². The van der Waals surface area contributed by atoms with Crippen molar-refractivity contribution in [3.63, 3.8) is 0 Å². The molecule has 2 N–H and O–H groups in total. The maximum Gasteiger partial charge on any atom is 0.253 e. The number of nitrogens with one attached hydrogen (secondary N) is 2. The normalized spacial score (nSPS) is 10.4. The Labute approximate surface area is 175 Å². The van der Waals surface area contributed by atoms with Crippen LogP contribution in [0.15, 0.2) is 73.1 Å². The molecule has 2 amide bonds. The van der Waals surface area contributed by atoms with Gasteiger partial charge in [-0.25, -0.2) is 0 Å². The van der Waals surface area contributed by atoms with Gasteiger partial charge in [-0.3, -0.25) is 14.6 Å². The Kier molecular flexibility index (Phi) is 7.41. The van der Waals surface area contributed by atoms with E-state index in [-0.39, 0.29) is 11.8 Å². The first-order valence-electron chi connectivity index (χ1n) is 9.31. The average molecular weight is 406 g/mol. The summed E-state index contributed by atoms with van der Waals surface area (Å²) in [6, 6.07) is 18.9. The molecule has 29 heavy (non-hydrogen) atoms. The summed E-state index contributed by atoms with van der Waals surface area (Å²) in [4.78, 5) is 29.0. The predicted molar refractivity (Wildman–Crippen MR) is 118 cm³/mol. The molecule has 0 saturated carbocycles. The maximum atomic E-state index is 12.6. The van der Waals surface area contributed by atoms with E-state index in [2.05, 4.69) is 34.7 Å². The van der Waals surface area contributed by atoms with Crippen LogP contribution in [0.25, 0.3) is 0 Å². The third kappa shape index (κ3) is 6.19. The van der Waals surface area contributed by atoms with Crippen molar-refractivity contribution in [3.8, 4) is 0 Å². The van der Waals surface area contributed by atoms with E-state index < -0.39 is 0 Å². The van der Waals surface area contributed by atoms with E-state index in [9.17, 15) is 9.59 Å². The van der Waals surface area contributed by atoms with Gasteiger partial charge >= 0.3 is 0 Å². The van der Waals surface area contributed by atoms with Gasteiger partial charge in [-0.1, -0.05) is 42.5 Å². The lowest BCUT2D eigenvalue weighted by molar-refractivity contribution is -0.113. The zero-order chi connectivity index (χ0) is 20.5. The van der Waals surface area contributed by atoms with Crippen molar-refractivity contribution < 1.29 is 9.59 Å². The monoisotopic (exact) mass is 405 g/mol. The standard InChI is InChI=1S/C23H23N3O2S/c1-17-7-2-3-9-19(17)15-29-16-22(27)26-21-11-5-4-10-20(21)23(28)25-14-18-8-6-12-24-13-18/h2-13H,14-16H2,1H3,(H,25,28)(H,26,27). The molecule has 0 bridgehead atoms. The van der Waals surface area contributed by atoms with E-state index in [0.29, 0.717) is 23.5 Å². The lowest BCUT2D eigenvalue weighted by Crippen LogP contribution is -2.25. The number of carbonyl (C=O) groups is 2. The highest BCUT2D eigenvalue weighted by molar-refractivity contribution is 7.99. The number of anilines is 1. The molecule has 0 aliphatic carbocycles. The molecule has 0 radical (unpaired) electrons. The number of hydrogen-bond acceptors (Lipinski definition) is 4. The number of rotatable bonds is 8. The van der Waals surface area contributed by atoms with Crippen molar-refractivity contribution in [1.29, 1.82) is 0 Å². The second-order valence-corrected chi connectivity index (χ2v) is 7.54. The molecule has 3 aromatic rings. The molecular weight excluding hydrogens is 382 g/mol. The number of pyridine rings is 1. The van der Waals surface area contributed by atoms with E-state index in [1.54, 1.807) is 48.4 Å². The van der Waals surface area contributed by atoms with E-state index in [4.69, 9.17) is 0 Å².